The van der Waals surface area contributed by atoms with E-state index in [9.17, 15) is 20.0 Å². The van der Waals surface area contributed by atoms with Gasteiger partial charge in [0.1, 0.15) is 11.7 Å². The van der Waals surface area contributed by atoms with E-state index in [1.54, 1.807) is 0 Å². The number of ether oxygens (including phenoxy) is 1. The summed E-state index contributed by atoms with van der Waals surface area (Å²) in [6.07, 6.45) is 3.17. The summed E-state index contributed by atoms with van der Waals surface area (Å²) < 4.78 is 36.4. The number of hydrogen-bond donors (Lipinski definition) is 3. The quantitative estimate of drug-likeness (QED) is 0.233. The molecule has 1 heterocycles. The van der Waals surface area contributed by atoms with Crippen LogP contribution < -0.4 is 16.0 Å². The molecular formula is C21H32F2N4O5. The molecule has 0 spiro atoms. The predicted octanol–water partition coefficient (Wildman–Crippen LogP) is 3.44. The van der Waals surface area contributed by atoms with E-state index in [2.05, 4.69) is 5.32 Å². The number of carboxylic acids is 1. The zero-order valence-electron chi connectivity index (χ0n) is 18.4. The smallest absolute Gasteiger partial charge is 0.326 e. The molecule has 0 unspecified atom stereocenters. The van der Waals surface area contributed by atoms with Crippen molar-refractivity contribution < 1.29 is 28.3 Å². The first-order valence-electron chi connectivity index (χ1n) is 11.0. The molecule has 0 amide bonds. The average molecular weight is 459 g/mol. The Morgan fingerprint density at radius 1 is 1.25 bits per heavy atom. The second-order valence-corrected chi connectivity index (χ2v) is 7.81. The summed E-state index contributed by atoms with van der Waals surface area (Å²) in [6, 6.07) is -1.28. The second kappa shape index (κ2) is 12.5. The number of rotatable bonds is 13. The highest BCUT2D eigenvalue weighted by atomic mass is 19.1. The van der Waals surface area contributed by atoms with Gasteiger partial charge < -0.3 is 25.8 Å². The van der Waals surface area contributed by atoms with Crippen LogP contribution in [0.1, 0.15) is 51.0 Å². The Morgan fingerprint density at radius 3 is 2.50 bits per heavy atom. The number of halogens is 2. The minimum absolute atomic E-state index is 0.0488. The van der Waals surface area contributed by atoms with Crippen molar-refractivity contribution in [3.05, 3.63) is 27.3 Å². The van der Waals surface area contributed by atoms with Crippen molar-refractivity contribution in [1.82, 2.24) is 0 Å². The number of nitro benzene ring substituents is 1. The third-order valence-electron chi connectivity index (χ3n) is 5.53. The fraction of sp³-hybridized carbons (Fsp3) is 0.667. The highest BCUT2D eigenvalue weighted by Gasteiger charge is 2.35. The lowest BCUT2D eigenvalue weighted by Crippen LogP contribution is -2.38. The molecule has 1 fully saturated rings. The van der Waals surface area contributed by atoms with Crippen LogP contribution in [0.4, 0.5) is 25.8 Å². The molecule has 1 aliphatic rings. The third kappa shape index (κ3) is 6.26. The highest BCUT2D eigenvalue weighted by molar-refractivity contribution is 5.82. The Labute approximate surface area is 186 Å². The van der Waals surface area contributed by atoms with Crippen molar-refractivity contribution >= 4 is 23.0 Å². The van der Waals surface area contributed by atoms with E-state index >= 15 is 8.78 Å². The van der Waals surface area contributed by atoms with Gasteiger partial charge in [0, 0.05) is 13.1 Å². The summed E-state index contributed by atoms with van der Waals surface area (Å²) in [4.78, 5) is 24.3. The number of carboxylic acid groups (broad SMARTS) is 1. The van der Waals surface area contributed by atoms with Gasteiger partial charge in [0.15, 0.2) is 17.3 Å². The van der Waals surface area contributed by atoms with Gasteiger partial charge in [-0.3, -0.25) is 10.1 Å². The molecule has 180 valence electrons. The fourth-order valence-electron chi connectivity index (χ4n) is 3.82. The number of morpholine rings is 1. The molecule has 1 aromatic carbocycles. The topological polar surface area (TPSA) is 131 Å². The minimum atomic E-state index is -1.28. The molecule has 11 heteroatoms. The van der Waals surface area contributed by atoms with E-state index in [0.717, 1.165) is 12.8 Å². The van der Waals surface area contributed by atoms with Crippen LogP contribution in [0.15, 0.2) is 0 Å². The number of nitro groups is 1. The summed E-state index contributed by atoms with van der Waals surface area (Å²) in [5, 5.41) is 24.0. The van der Waals surface area contributed by atoms with Gasteiger partial charge in [-0.1, -0.05) is 19.8 Å². The van der Waals surface area contributed by atoms with E-state index in [4.69, 9.17) is 10.5 Å². The average Bonchev–Trinajstić information content (AvgIpc) is 2.76. The lowest BCUT2D eigenvalue weighted by atomic mass is 10.00. The van der Waals surface area contributed by atoms with Crippen molar-refractivity contribution in [1.29, 1.82) is 0 Å². The third-order valence-corrected chi connectivity index (χ3v) is 5.53. The van der Waals surface area contributed by atoms with Crippen LogP contribution >= 0.6 is 0 Å². The lowest BCUT2D eigenvalue weighted by Gasteiger charge is -2.31. The summed E-state index contributed by atoms with van der Waals surface area (Å²) >= 11 is 0. The second-order valence-electron chi connectivity index (χ2n) is 7.81. The van der Waals surface area contributed by atoms with Crippen LogP contribution in [0, 0.1) is 21.7 Å². The van der Waals surface area contributed by atoms with Gasteiger partial charge in [-0.15, -0.1) is 0 Å². The van der Waals surface area contributed by atoms with E-state index < -0.39 is 39.9 Å². The maximum atomic E-state index is 15.6. The van der Waals surface area contributed by atoms with Gasteiger partial charge >= 0.3 is 11.7 Å². The van der Waals surface area contributed by atoms with Crippen LogP contribution in [-0.2, 0) is 16.0 Å². The van der Waals surface area contributed by atoms with E-state index in [1.165, 1.54) is 4.90 Å². The van der Waals surface area contributed by atoms with Gasteiger partial charge in [-0.2, -0.15) is 0 Å². The Kier molecular flexibility index (Phi) is 10.0. The Morgan fingerprint density at radius 2 is 1.94 bits per heavy atom. The standard InChI is InChI=1S/C21H32F2N4O5/c1-2-3-4-7-14-16(22)20(26-10-12-32-13-11-26)17(23)18(19(14)27(30)31)25-15(21(28)29)8-5-6-9-24/h15,25H,2-13,24H2,1H3,(H,28,29)/t15-/m0/s1. The summed E-state index contributed by atoms with van der Waals surface area (Å²) in [5.41, 5.74) is 3.55. The maximum Gasteiger partial charge on any atom is 0.326 e. The van der Waals surface area contributed by atoms with Crippen LogP contribution in [0.5, 0.6) is 0 Å². The number of carbonyl (C=O) groups is 1. The summed E-state index contributed by atoms with van der Waals surface area (Å²) in [5.74, 6) is -3.39. The van der Waals surface area contributed by atoms with E-state index in [1.807, 2.05) is 6.92 Å². The van der Waals surface area contributed by atoms with Crippen molar-refractivity contribution in [2.45, 2.75) is 57.9 Å². The minimum Gasteiger partial charge on any atom is -0.480 e. The molecule has 0 aromatic heterocycles. The van der Waals surface area contributed by atoms with Gasteiger partial charge in [0.2, 0.25) is 0 Å². The van der Waals surface area contributed by atoms with Gasteiger partial charge in [0.25, 0.3) is 0 Å². The number of nitrogens with two attached hydrogens (primary N) is 1. The molecule has 9 nitrogen and oxygen atoms in total. The predicted molar refractivity (Wildman–Crippen MR) is 117 cm³/mol. The Hall–Kier alpha value is -2.53. The molecule has 0 radical (unpaired) electrons. The Balaban J connectivity index is 2.60. The van der Waals surface area contributed by atoms with E-state index in [-0.39, 0.29) is 50.4 Å². The number of aliphatic carboxylic acids is 1. The fourth-order valence-corrected chi connectivity index (χ4v) is 3.82. The molecule has 1 atom stereocenters. The molecule has 0 saturated carbocycles. The number of nitrogens with zero attached hydrogens (tertiary/aromatic N) is 2. The zero-order valence-corrected chi connectivity index (χ0v) is 18.4. The first kappa shape index (κ1) is 25.7. The Bertz CT molecular complexity index is 803. The number of unbranched alkanes of at least 4 members (excludes halogenated alkanes) is 3. The van der Waals surface area contributed by atoms with Gasteiger partial charge in [0.05, 0.1) is 23.7 Å². The number of nitrogens with one attached hydrogen (secondary N) is 1. The molecule has 1 aromatic rings. The SMILES string of the molecule is CCCCCc1c(F)c(N2CCOCC2)c(F)c(N[C@@H](CCCCN)C(=O)O)c1[N+](=O)[O-]. The molecule has 0 aliphatic carbocycles. The van der Waals surface area contributed by atoms with E-state index in [0.29, 0.717) is 25.8 Å². The summed E-state index contributed by atoms with van der Waals surface area (Å²) in [6.45, 7) is 3.28. The largest absolute Gasteiger partial charge is 0.480 e. The molecule has 32 heavy (non-hydrogen) atoms. The lowest BCUT2D eigenvalue weighted by molar-refractivity contribution is -0.385. The molecule has 0 bridgehead atoms. The zero-order chi connectivity index (χ0) is 23.7. The van der Waals surface area contributed by atoms with Crippen LogP contribution in [0.25, 0.3) is 0 Å². The maximum absolute atomic E-state index is 15.6. The molecule has 1 saturated heterocycles. The first-order chi connectivity index (χ1) is 15.3. The van der Waals surface area contributed by atoms with Crippen LogP contribution in [0.2, 0.25) is 0 Å². The number of hydrogen-bond acceptors (Lipinski definition) is 7. The van der Waals surface area contributed by atoms with Crippen molar-refractivity contribution in [3.8, 4) is 0 Å². The van der Waals surface area contributed by atoms with Crippen LogP contribution in [-0.4, -0.2) is 54.9 Å². The first-order valence-corrected chi connectivity index (χ1v) is 11.0. The van der Waals surface area contributed by atoms with Gasteiger partial charge in [-0.25, -0.2) is 13.6 Å². The van der Waals surface area contributed by atoms with Crippen molar-refractivity contribution in [3.63, 3.8) is 0 Å². The number of benzene rings is 1. The molecule has 2 rings (SSSR count). The number of anilines is 2. The van der Waals surface area contributed by atoms with Crippen LogP contribution in [0.3, 0.4) is 0 Å². The molecule has 4 N–H and O–H groups in total. The normalized spacial score (nSPS) is 14.9. The monoisotopic (exact) mass is 458 g/mol. The molecular weight excluding hydrogens is 426 g/mol. The highest BCUT2D eigenvalue weighted by Crippen LogP contribution is 2.42. The van der Waals surface area contributed by atoms with Crippen molar-refractivity contribution in [2.75, 3.05) is 43.1 Å². The van der Waals surface area contributed by atoms with Gasteiger partial charge in [-0.05, 0) is 38.6 Å². The molecule has 1 aliphatic heterocycles. The summed E-state index contributed by atoms with van der Waals surface area (Å²) in [7, 11) is 0. The van der Waals surface area contributed by atoms with Crippen molar-refractivity contribution in [2.24, 2.45) is 5.73 Å².